The molecule has 0 aliphatic carbocycles. The summed E-state index contributed by atoms with van der Waals surface area (Å²) in [6, 6.07) is 15.6. The molecule has 0 saturated carbocycles. The number of hydrogen-bond donors (Lipinski definition) is 1. The SMILES string of the molecule is Cc1c(C(=O)CN2C(=O)/C(=C/c3ccc(F)cc3)SC2=S)c(O)n(C(C)c2ccccc2)c(=O)c1C#N. The summed E-state index contributed by atoms with van der Waals surface area (Å²) < 4.78 is 14.3. The van der Waals surface area contributed by atoms with E-state index in [4.69, 9.17) is 12.2 Å². The Labute approximate surface area is 221 Å². The highest BCUT2D eigenvalue weighted by Crippen LogP contribution is 2.34. The Hall–Kier alpha value is -4.07. The first-order valence-electron chi connectivity index (χ1n) is 11.1. The van der Waals surface area contributed by atoms with Crippen LogP contribution in [0.2, 0.25) is 0 Å². The molecule has 7 nitrogen and oxygen atoms in total. The fraction of sp³-hybridized carbons (Fsp3) is 0.148. The number of benzene rings is 2. The van der Waals surface area contributed by atoms with E-state index >= 15 is 0 Å². The van der Waals surface area contributed by atoms with Crippen LogP contribution in [0.3, 0.4) is 0 Å². The Bertz CT molecular complexity index is 1560. The molecule has 2 heterocycles. The lowest BCUT2D eigenvalue weighted by atomic mass is 9.99. The molecule has 1 saturated heterocycles. The van der Waals surface area contributed by atoms with E-state index in [2.05, 4.69) is 0 Å². The summed E-state index contributed by atoms with van der Waals surface area (Å²) in [5, 5.41) is 20.8. The van der Waals surface area contributed by atoms with Crippen LogP contribution in [-0.2, 0) is 4.79 Å². The molecule has 37 heavy (non-hydrogen) atoms. The number of ketones is 1. The van der Waals surface area contributed by atoms with Gasteiger partial charge in [-0.2, -0.15) is 5.26 Å². The number of thioether (sulfide) groups is 1. The number of Topliss-reactive ketones (excluding diaryl/α,β-unsaturated/α-hetero) is 1. The van der Waals surface area contributed by atoms with Crippen LogP contribution in [0.4, 0.5) is 4.39 Å². The fourth-order valence-electron chi connectivity index (χ4n) is 4.06. The Morgan fingerprint density at radius 1 is 1.19 bits per heavy atom. The molecule has 4 rings (SSSR count). The Morgan fingerprint density at radius 3 is 2.46 bits per heavy atom. The van der Waals surface area contributed by atoms with Crippen molar-refractivity contribution in [2.45, 2.75) is 19.9 Å². The summed E-state index contributed by atoms with van der Waals surface area (Å²) in [6.07, 6.45) is 1.54. The lowest BCUT2D eigenvalue weighted by Crippen LogP contribution is -2.35. The molecule has 1 fully saturated rings. The molecule has 1 unspecified atom stereocenters. The number of thiocarbonyl (C=S) groups is 1. The number of nitriles is 1. The van der Waals surface area contributed by atoms with Gasteiger partial charge in [0.1, 0.15) is 21.8 Å². The average Bonchev–Trinajstić information content (AvgIpc) is 3.13. The minimum Gasteiger partial charge on any atom is -0.494 e. The molecular formula is C27H20FN3O4S2. The van der Waals surface area contributed by atoms with Crippen molar-refractivity contribution in [3.8, 4) is 11.9 Å². The van der Waals surface area contributed by atoms with E-state index in [1.54, 1.807) is 43.3 Å². The highest BCUT2D eigenvalue weighted by atomic mass is 32.2. The topological polar surface area (TPSA) is 103 Å². The van der Waals surface area contributed by atoms with Gasteiger partial charge in [-0.25, -0.2) is 4.39 Å². The summed E-state index contributed by atoms with van der Waals surface area (Å²) in [6.45, 7) is 2.58. The van der Waals surface area contributed by atoms with Gasteiger partial charge in [0.05, 0.1) is 23.1 Å². The molecule has 1 aliphatic rings. The molecule has 1 amide bonds. The number of carbonyl (C=O) groups is 2. The first-order valence-corrected chi connectivity index (χ1v) is 12.3. The maximum atomic E-state index is 13.4. The average molecular weight is 534 g/mol. The first kappa shape index (κ1) is 26.0. The maximum absolute atomic E-state index is 13.4. The normalized spacial score (nSPS) is 15.2. The van der Waals surface area contributed by atoms with E-state index in [-0.39, 0.29) is 25.9 Å². The van der Waals surface area contributed by atoms with Crippen molar-refractivity contribution >= 4 is 46.1 Å². The van der Waals surface area contributed by atoms with E-state index in [0.29, 0.717) is 11.1 Å². The standard InChI is InChI=1S/C27H20FN3O4S2/c1-15-20(13-29)24(33)31(16(2)18-6-4-3-5-7-18)26(35)23(15)21(32)14-30-25(34)22(37-27(30)36)12-17-8-10-19(28)11-9-17/h3-12,16,35H,14H2,1-2H3/b22-12-. The molecule has 0 spiro atoms. The second-order valence-corrected chi connectivity index (χ2v) is 9.99. The van der Waals surface area contributed by atoms with E-state index in [0.717, 1.165) is 21.2 Å². The molecule has 1 atom stereocenters. The van der Waals surface area contributed by atoms with Gasteiger partial charge in [0.2, 0.25) is 5.88 Å². The highest BCUT2D eigenvalue weighted by molar-refractivity contribution is 8.26. The van der Waals surface area contributed by atoms with Crippen molar-refractivity contribution in [2.24, 2.45) is 0 Å². The van der Waals surface area contributed by atoms with Crippen LogP contribution in [0, 0.1) is 24.1 Å². The number of pyridine rings is 1. The van der Waals surface area contributed by atoms with Crippen molar-refractivity contribution < 1.29 is 19.1 Å². The van der Waals surface area contributed by atoms with Crippen LogP contribution < -0.4 is 5.56 Å². The maximum Gasteiger partial charge on any atom is 0.272 e. The Balaban J connectivity index is 1.70. The minimum atomic E-state index is -0.724. The number of amides is 1. The quantitative estimate of drug-likeness (QED) is 0.281. The van der Waals surface area contributed by atoms with Gasteiger partial charge in [-0.3, -0.25) is 23.9 Å². The molecular weight excluding hydrogens is 513 g/mol. The van der Waals surface area contributed by atoms with Crippen LogP contribution in [0.5, 0.6) is 5.88 Å². The van der Waals surface area contributed by atoms with Gasteiger partial charge in [0.15, 0.2) is 5.78 Å². The Morgan fingerprint density at radius 2 is 1.84 bits per heavy atom. The van der Waals surface area contributed by atoms with Crippen LogP contribution in [0.15, 0.2) is 64.3 Å². The summed E-state index contributed by atoms with van der Waals surface area (Å²) in [7, 11) is 0. The van der Waals surface area contributed by atoms with Gasteiger partial charge < -0.3 is 5.11 Å². The van der Waals surface area contributed by atoms with Crippen LogP contribution in [-0.4, -0.2) is 37.1 Å². The number of carbonyl (C=O) groups excluding carboxylic acids is 2. The fourth-order valence-corrected chi connectivity index (χ4v) is 5.32. The van der Waals surface area contributed by atoms with Crippen LogP contribution in [0.1, 0.15) is 45.6 Å². The minimum absolute atomic E-state index is 0.0267. The second kappa shape index (κ2) is 10.5. The molecule has 10 heteroatoms. The first-order chi connectivity index (χ1) is 17.6. The monoisotopic (exact) mass is 533 g/mol. The van der Waals surface area contributed by atoms with Crippen LogP contribution in [0.25, 0.3) is 6.08 Å². The lowest BCUT2D eigenvalue weighted by Gasteiger charge is -2.22. The number of nitrogens with zero attached hydrogens (tertiary/aromatic N) is 3. The predicted octanol–water partition coefficient (Wildman–Crippen LogP) is 4.57. The van der Waals surface area contributed by atoms with E-state index in [9.17, 15) is 29.1 Å². The smallest absolute Gasteiger partial charge is 0.272 e. The van der Waals surface area contributed by atoms with Crippen molar-refractivity contribution in [3.63, 3.8) is 0 Å². The number of aromatic nitrogens is 1. The summed E-state index contributed by atoms with van der Waals surface area (Å²) in [4.78, 5) is 40.9. The number of halogens is 1. The molecule has 2 aromatic carbocycles. The van der Waals surface area contributed by atoms with E-state index in [1.165, 1.54) is 31.2 Å². The van der Waals surface area contributed by atoms with Gasteiger partial charge in [-0.1, -0.05) is 66.4 Å². The van der Waals surface area contributed by atoms with Gasteiger partial charge >= 0.3 is 0 Å². The third kappa shape index (κ3) is 4.96. The van der Waals surface area contributed by atoms with Gasteiger partial charge in [0, 0.05) is 0 Å². The molecule has 3 aromatic rings. The van der Waals surface area contributed by atoms with Gasteiger partial charge in [-0.05, 0) is 48.7 Å². The number of aromatic hydroxyl groups is 1. The van der Waals surface area contributed by atoms with Crippen molar-refractivity contribution in [3.05, 3.63) is 103 Å². The summed E-state index contributed by atoms with van der Waals surface area (Å²) >= 11 is 6.31. The molecule has 0 radical (unpaired) electrons. The highest BCUT2D eigenvalue weighted by Gasteiger charge is 2.35. The van der Waals surface area contributed by atoms with E-state index in [1.807, 2.05) is 6.07 Å². The molecule has 1 aromatic heterocycles. The predicted molar refractivity (Wildman–Crippen MR) is 143 cm³/mol. The third-order valence-corrected chi connectivity index (χ3v) is 7.42. The van der Waals surface area contributed by atoms with Crippen molar-refractivity contribution in [1.82, 2.24) is 9.47 Å². The zero-order valence-corrected chi connectivity index (χ0v) is 21.4. The third-order valence-electron chi connectivity index (χ3n) is 6.04. The van der Waals surface area contributed by atoms with Crippen molar-refractivity contribution in [2.75, 3.05) is 6.54 Å². The second-order valence-electron chi connectivity index (χ2n) is 8.31. The molecule has 0 bridgehead atoms. The largest absolute Gasteiger partial charge is 0.494 e. The molecule has 1 aliphatic heterocycles. The molecule has 1 N–H and O–H groups in total. The zero-order valence-electron chi connectivity index (χ0n) is 19.8. The number of hydrogen-bond acceptors (Lipinski definition) is 7. The van der Waals surface area contributed by atoms with Crippen molar-refractivity contribution in [1.29, 1.82) is 5.26 Å². The summed E-state index contributed by atoms with van der Waals surface area (Å²) in [5.74, 6) is -2.20. The number of rotatable bonds is 6. The summed E-state index contributed by atoms with van der Waals surface area (Å²) in [5.41, 5.74) is 0.0781. The molecule has 186 valence electrons. The van der Waals surface area contributed by atoms with Crippen LogP contribution >= 0.6 is 24.0 Å². The van der Waals surface area contributed by atoms with E-state index < -0.39 is 41.5 Å². The Kier molecular flexibility index (Phi) is 7.38. The van der Waals surface area contributed by atoms with Gasteiger partial charge in [-0.15, -0.1) is 0 Å². The zero-order chi connectivity index (χ0) is 26.9. The van der Waals surface area contributed by atoms with Gasteiger partial charge in [0.25, 0.3) is 11.5 Å². The lowest BCUT2D eigenvalue weighted by molar-refractivity contribution is -0.121.